The highest BCUT2D eigenvalue weighted by Gasteiger charge is 2.01. The number of nitrogens with one attached hydrogen (secondary N) is 2. The number of guanidine groups is 1. The van der Waals surface area contributed by atoms with E-state index in [0.717, 1.165) is 38.7 Å². The summed E-state index contributed by atoms with van der Waals surface area (Å²) in [4.78, 5) is 4.26. The molecule has 1 rings (SSSR count). The van der Waals surface area contributed by atoms with Crippen molar-refractivity contribution in [2.75, 3.05) is 26.8 Å². The Labute approximate surface area is 153 Å². The summed E-state index contributed by atoms with van der Waals surface area (Å²) in [5, 5.41) is 6.66. The zero-order valence-electron chi connectivity index (χ0n) is 16.5. The molecule has 0 radical (unpaired) electrons. The van der Waals surface area contributed by atoms with Gasteiger partial charge in [-0.05, 0) is 37.3 Å². The molecular formula is C20H35N3O2. The number of benzene rings is 1. The van der Waals surface area contributed by atoms with Crippen LogP contribution in [0.5, 0.6) is 0 Å². The van der Waals surface area contributed by atoms with Crippen molar-refractivity contribution in [1.82, 2.24) is 10.6 Å². The van der Waals surface area contributed by atoms with E-state index < -0.39 is 0 Å². The lowest BCUT2D eigenvalue weighted by atomic mass is 10.1. The van der Waals surface area contributed by atoms with E-state index in [-0.39, 0.29) is 6.10 Å². The van der Waals surface area contributed by atoms with Gasteiger partial charge in [-0.1, -0.05) is 38.1 Å². The van der Waals surface area contributed by atoms with Crippen LogP contribution in [-0.2, 0) is 22.6 Å². The Morgan fingerprint density at radius 2 is 1.88 bits per heavy atom. The van der Waals surface area contributed by atoms with Gasteiger partial charge < -0.3 is 20.1 Å². The minimum Gasteiger partial charge on any atom is -0.381 e. The fourth-order valence-electron chi connectivity index (χ4n) is 2.20. The second-order valence-corrected chi connectivity index (χ2v) is 6.85. The SMILES string of the molecule is CN=C(NCCCOCC(C)C)NCc1cccc(COC(C)C)c1. The largest absolute Gasteiger partial charge is 0.381 e. The van der Waals surface area contributed by atoms with Gasteiger partial charge in [-0.15, -0.1) is 0 Å². The lowest BCUT2D eigenvalue weighted by Gasteiger charge is -2.13. The van der Waals surface area contributed by atoms with Crippen LogP contribution in [0.2, 0.25) is 0 Å². The Morgan fingerprint density at radius 1 is 1.12 bits per heavy atom. The van der Waals surface area contributed by atoms with Crippen LogP contribution < -0.4 is 10.6 Å². The van der Waals surface area contributed by atoms with Crippen molar-refractivity contribution in [2.24, 2.45) is 10.9 Å². The summed E-state index contributed by atoms with van der Waals surface area (Å²) in [6, 6.07) is 8.44. The van der Waals surface area contributed by atoms with E-state index in [1.807, 2.05) is 0 Å². The Morgan fingerprint density at radius 3 is 2.56 bits per heavy atom. The van der Waals surface area contributed by atoms with Gasteiger partial charge in [0, 0.05) is 33.4 Å². The zero-order chi connectivity index (χ0) is 18.5. The van der Waals surface area contributed by atoms with Crippen LogP contribution >= 0.6 is 0 Å². The second-order valence-electron chi connectivity index (χ2n) is 6.85. The second kappa shape index (κ2) is 12.7. The maximum absolute atomic E-state index is 5.66. The topological polar surface area (TPSA) is 54.9 Å². The highest BCUT2D eigenvalue weighted by Crippen LogP contribution is 2.07. The van der Waals surface area contributed by atoms with Gasteiger partial charge in [0.25, 0.3) is 0 Å². The van der Waals surface area contributed by atoms with Crippen molar-refractivity contribution in [3.8, 4) is 0 Å². The quantitative estimate of drug-likeness (QED) is 0.365. The van der Waals surface area contributed by atoms with Gasteiger partial charge >= 0.3 is 0 Å². The van der Waals surface area contributed by atoms with Crippen LogP contribution in [0.4, 0.5) is 0 Å². The number of aliphatic imine (C=N–C) groups is 1. The monoisotopic (exact) mass is 349 g/mol. The first kappa shape index (κ1) is 21.5. The lowest BCUT2D eigenvalue weighted by Crippen LogP contribution is -2.37. The number of nitrogens with zero attached hydrogens (tertiary/aromatic N) is 1. The molecule has 0 saturated carbocycles. The first-order valence-electron chi connectivity index (χ1n) is 9.23. The molecule has 2 N–H and O–H groups in total. The molecule has 142 valence electrons. The van der Waals surface area contributed by atoms with E-state index in [4.69, 9.17) is 9.47 Å². The van der Waals surface area contributed by atoms with Crippen molar-refractivity contribution in [3.63, 3.8) is 0 Å². The van der Waals surface area contributed by atoms with E-state index >= 15 is 0 Å². The van der Waals surface area contributed by atoms with Crippen LogP contribution in [0.25, 0.3) is 0 Å². The van der Waals surface area contributed by atoms with Gasteiger partial charge in [-0.25, -0.2) is 0 Å². The third-order valence-electron chi connectivity index (χ3n) is 3.47. The number of rotatable bonds is 11. The molecule has 0 heterocycles. The number of hydrogen-bond donors (Lipinski definition) is 2. The molecular weight excluding hydrogens is 314 g/mol. The van der Waals surface area contributed by atoms with Gasteiger partial charge in [0.2, 0.25) is 0 Å². The van der Waals surface area contributed by atoms with E-state index in [0.29, 0.717) is 12.5 Å². The highest BCUT2D eigenvalue weighted by molar-refractivity contribution is 5.79. The molecule has 0 aliphatic rings. The molecule has 0 aliphatic heterocycles. The lowest BCUT2D eigenvalue weighted by molar-refractivity contribution is 0.0657. The smallest absolute Gasteiger partial charge is 0.191 e. The summed E-state index contributed by atoms with van der Waals surface area (Å²) in [5.41, 5.74) is 2.41. The van der Waals surface area contributed by atoms with Crippen LogP contribution in [0, 0.1) is 5.92 Å². The summed E-state index contributed by atoms with van der Waals surface area (Å²) in [7, 11) is 1.79. The zero-order valence-corrected chi connectivity index (χ0v) is 16.5. The standard InChI is InChI=1S/C20H35N3O2/c1-16(2)14-24-11-7-10-22-20(21-5)23-13-18-8-6-9-19(12-18)15-25-17(3)4/h6,8-9,12,16-17H,7,10-11,13-15H2,1-5H3,(H2,21,22,23). The van der Waals surface area contributed by atoms with Gasteiger partial charge in [-0.2, -0.15) is 0 Å². The molecule has 0 fully saturated rings. The Hall–Kier alpha value is -1.59. The van der Waals surface area contributed by atoms with Gasteiger partial charge in [0.1, 0.15) is 0 Å². The maximum Gasteiger partial charge on any atom is 0.191 e. The number of hydrogen-bond acceptors (Lipinski definition) is 3. The van der Waals surface area contributed by atoms with Crippen LogP contribution in [-0.4, -0.2) is 38.9 Å². The first-order chi connectivity index (χ1) is 12.0. The van der Waals surface area contributed by atoms with Crippen LogP contribution in [0.3, 0.4) is 0 Å². The van der Waals surface area contributed by atoms with Crippen molar-refractivity contribution < 1.29 is 9.47 Å². The summed E-state index contributed by atoms with van der Waals surface area (Å²) in [6.07, 6.45) is 1.21. The third kappa shape index (κ3) is 10.8. The molecule has 1 aromatic rings. The van der Waals surface area contributed by atoms with Crippen molar-refractivity contribution >= 4 is 5.96 Å². The Bertz CT molecular complexity index is 501. The molecule has 0 atom stereocenters. The summed E-state index contributed by atoms with van der Waals surface area (Å²) in [6.45, 7) is 12.3. The molecule has 1 aromatic carbocycles. The van der Waals surface area contributed by atoms with E-state index in [1.54, 1.807) is 7.05 Å². The minimum atomic E-state index is 0.245. The fraction of sp³-hybridized carbons (Fsp3) is 0.650. The molecule has 0 amide bonds. The number of ether oxygens (including phenoxy) is 2. The van der Waals surface area contributed by atoms with Crippen molar-refractivity contribution in [2.45, 2.75) is 53.4 Å². The molecule has 0 bridgehead atoms. The normalized spacial score (nSPS) is 12.0. The van der Waals surface area contributed by atoms with Gasteiger partial charge in [-0.3, -0.25) is 4.99 Å². The summed E-state index contributed by atoms with van der Waals surface area (Å²) >= 11 is 0. The molecule has 0 spiro atoms. The molecule has 5 heteroatoms. The van der Waals surface area contributed by atoms with Crippen molar-refractivity contribution in [3.05, 3.63) is 35.4 Å². The average Bonchev–Trinajstić information content (AvgIpc) is 2.58. The van der Waals surface area contributed by atoms with E-state index in [9.17, 15) is 0 Å². The predicted octanol–water partition coefficient (Wildman–Crippen LogP) is 3.34. The van der Waals surface area contributed by atoms with E-state index in [2.05, 4.69) is 67.6 Å². The summed E-state index contributed by atoms with van der Waals surface area (Å²) < 4.78 is 11.2. The van der Waals surface area contributed by atoms with Crippen LogP contribution in [0.15, 0.2) is 29.3 Å². The third-order valence-corrected chi connectivity index (χ3v) is 3.47. The van der Waals surface area contributed by atoms with Crippen LogP contribution in [0.1, 0.15) is 45.2 Å². The summed E-state index contributed by atoms with van der Waals surface area (Å²) in [5.74, 6) is 1.40. The van der Waals surface area contributed by atoms with Gasteiger partial charge in [0.05, 0.1) is 12.7 Å². The molecule has 5 nitrogen and oxygen atoms in total. The first-order valence-corrected chi connectivity index (χ1v) is 9.23. The molecule has 25 heavy (non-hydrogen) atoms. The van der Waals surface area contributed by atoms with E-state index in [1.165, 1.54) is 11.1 Å². The molecule has 0 aromatic heterocycles. The molecule has 0 aliphatic carbocycles. The average molecular weight is 350 g/mol. The van der Waals surface area contributed by atoms with Crippen molar-refractivity contribution in [1.29, 1.82) is 0 Å². The minimum absolute atomic E-state index is 0.245. The Balaban J connectivity index is 2.29. The maximum atomic E-state index is 5.66. The Kier molecular flexibility index (Phi) is 10.9. The van der Waals surface area contributed by atoms with Gasteiger partial charge in [0.15, 0.2) is 5.96 Å². The fourth-order valence-corrected chi connectivity index (χ4v) is 2.20. The highest BCUT2D eigenvalue weighted by atomic mass is 16.5. The predicted molar refractivity (Wildman–Crippen MR) is 105 cm³/mol. The molecule has 0 saturated heterocycles. The molecule has 0 unspecified atom stereocenters.